The van der Waals surface area contributed by atoms with E-state index in [-0.39, 0.29) is 11.9 Å². The van der Waals surface area contributed by atoms with Gasteiger partial charge in [-0.2, -0.15) is 0 Å². The fourth-order valence-corrected chi connectivity index (χ4v) is 2.27. The number of aromatic amines is 1. The molecule has 1 amide bonds. The van der Waals surface area contributed by atoms with Crippen LogP contribution in [0.2, 0.25) is 0 Å². The Morgan fingerprint density at radius 2 is 2.16 bits per heavy atom. The number of H-pyrrole nitrogens is 1. The van der Waals surface area contributed by atoms with E-state index in [1.165, 1.54) is 0 Å². The minimum atomic E-state index is -0.0512. The summed E-state index contributed by atoms with van der Waals surface area (Å²) in [6.07, 6.45) is 5.49. The maximum atomic E-state index is 11.9. The van der Waals surface area contributed by atoms with Gasteiger partial charge in [0, 0.05) is 23.6 Å². The predicted octanol–water partition coefficient (Wildman–Crippen LogP) is 1.77. The van der Waals surface area contributed by atoms with E-state index in [1.807, 2.05) is 24.3 Å². The molecule has 0 radical (unpaired) electrons. The van der Waals surface area contributed by atoms with E-state index in [9.17, 15) is 4.79 Å². The van der Waals surface area contributed by atoms with Crippen LogP contribution in [0.3, 0.4) is 0 Å². The van der Waals surface area contributed by atoms with Crippen molar-refractivity contribution in [2.24, 2.45) is 0 Å². The van der Waals surface area contributed by atoms with Crippen LogP contribution in [-0.4, -0.2) is 28.5 Å². The van der Waals surface area contributed by atoms with Crippen LogP contribution in [0.1, 0.15) is 12.8 Å². The Morgan fingerprint density at radius 3 is 2.79 bits per heavy atom. The number of nitrogens with one attached hydrogen (secondary N) is 3. The number of amides is 1. The lowest BCUT2D eigenvalue weighted by atomic mass is 10.2. The van der Waals surface area contributed by atoms with Gasteiger partial charge in [0.15, 0.2) is 0 Å². The molecule has 1 aromatic heterocycles. The molecule has 1 unspecified atom stereocenters. The Hall–Kier alpha value is -2.14. The first-order valence-corrected chi connectivity index (χ1v) is 6.47. The van der Waals surface area contributed by atoms with E-state index >= 15 is 0 Å². The number of benzene rings is 1. The first-order valence-electron chi connectivity index (χ1n) is 6.47. The lowest BCUT2D eigenvalue weighted by Gasteiger charge is -2.11. The van der Waals surface area contributed by atoms with Crippen molar-refractivity contribution in [3.05, 3.63) is 36.7 Å². The Balaban J connectivity index is 1.67. The largest absolute Gasteiger partial charge is 0.345 e. The Morgan fingerprint density at radius 1 is 1.32 bits per heavy atom. The Labute approximate surface area is 111 Å². The molecule has 19 heavy (non-hydrogen) atoms. The van der Waals surface area contributed by atoms with Crippen molar-refractivity contribution in [2.75, 3.05) is 11.9 Å². The van der Waals surface area contributed by atoms with Crippen LogP contribution in [0, 0.1) is 0 Å². The minimum Gasteiger partial charge on any atom is -0.345 e. The lowest BCUT2D eigenvalue weighted by molar-refractivity contribution is -0.117. The number of nitrogens with zero attached hydrogens (tertiary/aromatic N) is 1. The van der Waals surface area contributed by atoms with Crippen LogP contribution in [0.25, 0.3) is 11.4 Å². The zero-order valence-electron chi connectivity index (χ0n) is 10.5. The molecule has 1 atom stereocenters. The number of aromatic nitrogens is 2. The van der Waals surface area contributed by atoms with Gasteiger partial charge in [0.05, 0.1) is 6.04 Å². The summed E-state index contributed by atoms with van der Waals surface area (Å²) in [7, 11) is 0. The van der Waals surface area contributed by atoms with E-state index in [4.69, 9.17) is 0 Å². The van der Waals surface area contributed by atoms with Gasteiger partial charge < -0.3 is 15.6 Å². The molecule has 2 heterocycles. The third kappa shape index (κ3) is 2.66. The van der Waals surface area contributed by atoms with Crippen LogP contribution in [0.15, 0.2) is 36.7 Å². The van der Waals surface area contributed by atoms with Gasteiger partial charge in [-0.3, -0.25) is 4.79 Å². The number of rotatable bonds is 3. The van der Waals surface area contributed by atoms with Crippen LogP contribution in [-0.2, 0) is 4.79 Å². The Kier molecular flexibility index (Phi) is 3.29. The highest BCUT2D eigenvalue weighted by Gasteiger charge is 2.21. The number of carbonyl (C=O) groups is 1. The second kappa shape index (κ2) is 5.24. The normalized spacial score (nSPS) is 18.4. The standard InChI is InChI=1S/C14H16N4O/c19-14(12-2-1-7-15-12)18-11-5-3-10(4-6-11)13-16-8-9-17-13/h3-6,8-9,12,15H,1-2,7H2,(H,16,17)(H,18,19). The molecule has 2 aromatic rings. The number of hydrogen-bond donors (Lipinski definition) is 3. The molecule has 1 saturated heterocycles. The van der Waals surface area contributed by atoms with Gasteiger partial charge in [0.1, 0.15) is 5.82 Å². The van der Waals surface area contributed by atoms with Crippen molar-refractivity contribution < 1.29 is 4.79 Å². The molecule has 3 rings (SSSR count). The van der Waals surface area contributed by atoms with Gasteiger partial charge in [0.25, 0.3) is 0 Å². The molecule has 0 saturated carbocycles. The van der Waals surface area contributed by atoms with Crippen molar-refractivity contribution in [2.45, 2.75) is 18.9 Å². The lowest BCUT2D eigenvalue weighted by Crippen LogP contribution is -2.35. The molecule has 0 aliphatic carbocycles. The Bertz CT molecular complexity index is 541. The molecule has 1 aromatic carbocycles. The molecular formula is C14H16N4O. The smallest absolute Gasteiger partial charge is 0.241 e. The van der Waals surface area contributed by atoms with Crippen molar-refractivity contribution in [3.63, 3.8) is 0 Å². The summed E-state index contributed by atoms with van der Waals surface area (Å²) in [6, 6.07) is 7.62. The average Bonchev–Trinajstić information content (AvgIpc) is 3.13. The fourth-order valence-electron chi connectivity index (χ4n) is 2.27. The quantitative estimate of drug-likeness (QED) is 0.783. The molecule has 98 valence electrons. The van der Waals surface area contributed by atoms with Crippen molar-refractivity contribution in [1.29, 1.82) is 0 Å². The maximum Gasteiger partial charge on any atom is 0.241 e. The number of imidazole rings is 1. The van der Waals surface area contributed by atoms with Crippen molar-refractivity contribution in [3.8, 4) is 11.4 Å². The number of anilines is 1. The second-order valence-electron chi connectivity index (χ2n) is 4.65. The highest BCUT2D eigenvalue weighted by molar-refractivity contribution is 5.95. The maximum absolute atomic E-state index is 11.9. The van der Waals surface area contributed by atoms with Crippen molar-refractivity contribution >= 4 is 11.6 Å². The van der Waals surface area contributed by atoms with E-state index in [0.29, 0.717) is 0 Å². The van der Waals surface area contributed by atoms with Crippen LogP contribution in [0.4, 0.5) is 5.69 Å². The topological polar surface area (TPSA) is 69.8 Å². The van der Waals surface area contributed by atoms with E-state index in [2.05, 4.69) is 20.6 Å². The first-order chi connectivity index (χ1) is 9.33. The minimum absolute atomic E-state index is 0.0447. The van der Waals surface area contributed by atoms with Gasteiger partial charge in [0.2, 0.25) is 5.91 Å². The van der Waals surface area contributed by atoms with Crippen LogP contribution < -0.4 is 10.6 Å². The van der Waals surface area contributed by atoms with Gasteiger partial charge in [-0.15, -0.1) is 0 Å². The zero-order valence-corrected chi connectivity index (χ0v) is 10.5. The van der Waals surface area contributed by atoms with Crippen molar-refractivity contribution in [1.82, 2.24) is 15.3 Å². The molecule has 5 nitrogen and oxygen atoms in total. The first kappa shape index (κ1) is 11.9. The SMILES string of the molecule is O=C(Nc1ccc(-c2ncc[nH]2)cc1)C1CCCN1. The predicted molar refractivity (Wildman–Crippen MR) is 73.7 cm³/mol. The molecule has 3 N–H and O–H groups in total. The van der Waals surface area contributed by atoms with Crippen LogP contribution >= 0.6 is 0 Å². The second-order valence-corrected chi connectivity index (χ2v) is 4.65. The van der Waals surface area contributed by atoms with Gasteiger partial charge in [-0.1, -0.05) is 0 Å². The van der Waals surface area contributed by atoms with Gasteiger partial charge >= 0.3 is 0 Å². The van der Waals surface area contributed by atoms with E-state index in [0.717, 1.165) is 36.5 Å². The summed E-state index contributed by atoms with van der Waals surface area (Å²) in [6.45, 7) is 0.926. The summed E-state index contributed by atoms with van der Waals surface area (Å²) in [5.74, 6) is 0.874. The molecular weight excluding hydrogens is 240 g/mol. The van der Waals surface area contributed by atoms with E-state index < -0.39 is 0 Å². The van der Waals surface area contributed by atoms with Gasteiger partial charge in [-0.05, 0) is 43.7 Å². The third-order valence-corrected chi connectivity index (χ3v) is 3.30. The summed E-state index contributed by atoms with van der Waals surface area (Å²) >= 11 is 0. The number of carbonyl (C=O) groups excluding carboxylic acids is 1. The fraction of sp³-hybridized carbons (Fsp3) is 0.286. The summed E-state index contributed by atoms with van der Waals surface area (Å²) < 4.78 is 0. The molecule has 1 aliphatic rings. The van der Waals surface area contributed by atoms with Crippen LogP contribution in [0.5, 0.6) is 0 Å². The monoisotopic (exact) mass is 256 g/mol. The third-order valence-electron chi connectivity index (χ3n) is 3.30. The summed E-state index contributed by atoms with van der Waals surface area (Å²) in [5.41, 5.74) is 1.82. The molecule has 1 fully saturated rings. The van der Waals surface area contributed by atoms with E-state index in [1.54, 1.807) is 12.4 Å². The molecule has 1 aliphatic heterocycles. The summed E-state index contributed by atoms with van der Waals surface area (Å²) in [4.78, 5) is 19.2. The molecule has 0 spiro atoms. The highest BCUT2D eigenvalue weighted by atomic mass is 16.2. The van der Waals surface area contributed by atoms with Gasteiger partial charge in [-0.25, -0.2) is 4.98 Å². The average molecular weight is 256 g/mol. The molecule has 0 bridgehead atoms. The zero-order chi connectivity index (χ0) is 13.1. The molecule has 5 heteroatoms. The number of hydrogen-bond acceptors (Lipinski definition) is 3. The summed E-state index contributed by atoms with van der Waals surface area (Å²) in [5, 5.41) is 6.11. The highest BCUT2D eigenvalue weighted by Crippen LogP contribution is 2.18.